The Bertz CT molecular complexity index is 1540. The lowest BCUT2D eigenvalue weighted by molar-refractivity contribution is -0.165. The molecule has 12 nitrogen and oxygen atoms in total. The molecule has 1 fully saturated rings. The van der Waals surface area contributed by atoms with Crippen LogP contribution in [0.25, 0.3) is 0 Å². The van der Waals surface area contributed by atoms with E-state index in [2.05, 4.69) is 11.7 Å². The Kier molecular flexibility index (Phi) is 12.8. The Labute approximate surface area is 271 Å². The molecule has 2 aromatic carbocycles. The number of likely N-dealkylation sites (tertiary alicyclic amines) is 1. The molecule has 3 rings (SSSR count). The largest absolute Gasteiger partial charge is 0.504 e. The van der Waals surface area contributed by atoms with Crippen LogP contribution in [0.3, 0.4) is 0 Å². The number of carbonyl (C=O) groups is 5. The molecule has 0 aromatic heterocycles. The van der Waals surface area contributed by atoms with Crippen molar-refractivity contribution in [1.29, 1.82) is 0 Å². The third kappa shape index (κ3) is 10.5. The first-order chi connectivity index (χ1) is 22.2. The lowest BCUT2D eigenvalue weighted by atomic mass is 9.87. The number of ketones is 2. The quantitative estimate of drug-likeness (QED) is 0.0935. The van der Waals surface area contributed by atoms with Crippen LogP contribution < -0.4 is 4.74 Å². The lowest BCUT2D eigenvalue weighted by Crippen LogP contribution is -2.53. The fourth-order valence-corrected chi connectivity index (χ4v) is 4.89. The molecule has 1 amide bonds. The molecule has 0 radical (unpaired) electrons. The number of aryl methyl sites for hydroxylation is 1. The van der Waals surface area contributed by atoms with Gasteiger partial charge in [-0.25, -0.2) is 14.0 Å². The van der Waals surface area contributed by atoms with Gasteiger partial charge in [-0.3, -0.25) is 19.4 Å². The number of halogens is 1. The van der Waals surface area contributed by atoms with Crippen LogP contribution >= 0.6 is 0 Å². The third-order valence-corrected chi connectivity index (χ3v) is 7.44. The Morgan fingerprint density at radius 3 is 2.53 bits per heavy atom. The zero-order valence-corrected chi connectivity index (χ0v) is 26.6. The second-order valence-electron chi connectivity index (χ2n) is 11.8. The summed E-state index contributed by atoms with van der Waals surface area (Å²) < 4.78 is 31.1. The number of hydrogen-bond donors (Lipinski definition) is 2. The van der Waals surface area contributed by atoms with Gasteiger partial charge in [0.2, 0.25) is 5.78 Å². The van der Waals surface area contributed by atoms with Crippen molar-refractivity contribution in [3.63, 3.8) is 0 Å². The minimum Gasteiger partial charge on any atom is -0.504 e. The molecule has 0 bridgehead atoms. The Morgan fingerprint density at radius 1 is 1.11 bits per heavy atom. The number of hydrogen-bond acceptors (Lipinski definition) is 11. The van der Waals surface area contributed by atoms with Gasteiger partial charge in [0.1, 0.15) is 36.9 Å². The summed E-state index contributed by atoms with van der Waals surface area (Å²) in [6.07, 6.45) is 2.71. The highest BCUT2D eigenvalue weighted by atomic mass is 19.1. The maximum absolute atomic E-state index is 14.7. The van der Waals surface area contributed by atoms with Gasteiger partial charge in [-0.05, 0) is 95.0 Å². The van der Waals surface area contributed by atoms with E-state index in [9.17, 15) is 38.6 Å². The van der Waals surface area contributed by atoms with Crippen molar-refractivity contribution >= 4 is 36.1 Å². The van der Waals surface area contributed by atoms with Gasteiger partial charge in [0, 0.05) is 24.9 Å². The van der Waals surface area contributed by atoms with Crippen LogP contribution in [0, 0.1) is 11.2 Å². The first-order valence-corrected chi connectivity index (χ1v) is 15.0. The van der Waals surface area contributed by atoms with Crippen LogP contribution in [0.5, 0.6) is 17.2 Å². The summed E-state index contributed by atoms with van der Waals surface area (Å²) >= 11 is 0. The smallest absolute Gasteiger partial charge is 0.332 e. The van der Waals surface area contributed by atoms with Crippen molar-refractivity contribution in [2.45, 2.75) is 65.0 Å². The number of phenolic OH excluding ortho intramolecular Hbond substituents is 2. The van der Waals surface area contributed by atoms with E-state index < -0.39 is 53.6 Å². The number of benzene rings is 2. The first kappa shape index (κ1) is 36.4. The molecule has 1 heterocycles. The van der Waals surface area contributed by atoms with E-state index in [0.29, 0.717) is 18.4 Å². The number of ether oxygens (including phenoxy) is 3. The number of carbonyl (C=O) groups excluding carboxylic acids is 5. The molecule has 2 aromatic rings. The molecule has 252 valence electrons. The topological polar surface area (TPSA) is 169 Å². The van der Waals surface area contributed by atoms with Crippen molar-refractivity contribution in [3.05, 3.63) is 65.6 Å². The van der Waals surface area contributed by atoms with E-state index in [1.54, 1.807) is 6.07 Å². The number of aromatic hydroxyl groups is 2. The van der Waals surface area contributed by atoms with E-state index in [1.165, 1.54) is 39.0 Å². The van der Waals surface area contributed by atoms with Gasteiger partial charge in [0.05, 0.1) is 5.41 Å². The van der Waals surface area contributed by atoms with Gasteiger partial charge in [-0.15, -0.1) is 0 Å². The van der Waals surface area contributed by atoms with E-state index in [0.717, 1.165) is 29.3 Å². The van der Waals surface area contributed by atoms with E-state index in [1.807, 2.05) is 0 Å². The number of esters is 2. The second kappa shape index (κ2) is 16.5. The Balaban J connectivity index is 1.84. The van der Waals surface area contributed by atoms with Crippen LogP contribution in [0.4, 0.5) is 4.39 Å². The summed E-state index contributed by atoms with van der Waals surface area (Å²) in [5.74, 6) is -4.99. The average molecular weight is 655 g/mol. The minimum absolute atomic E-state index is 0.0396. The standard InChI is InChI=1S/C34H39FN2O10/c1-21(38)19-45-25-17-23(16-24(35)18-25)29(11-9-22-8-10-27(39)28(40)15-22)47-33(44)26-7-5-6-14-37(26)32(43)31(42)34(2,3)20-46-30(41)12-13-36-4/h8,10,12-13,15-18,26,29,39-40H,4-7,9,11,14,19-20H2,1-3H3/b13-12-/t26-,29+/m0/s1. The van der Waals surface area contributed by atoms with Gasteiger partial charge in [-0.1, -0.05) is 6.07 Å². The molecule has 2 atom stereocenters. The molecule has 0 saturated carbocycles. The molecule has 1 saturated heterocycles. The zero-order valence-electron chi connectivity index (χ0n) is 26.6. The highest BCUT2D eigenvalue weighted by molar-refractivity contribution is 6.38. The highest BCUT2D eigenvalue weighted by Gasteiger charge is 2.42. The fraction of sp³-hybridized carbons (Fsp3) is 0.412. The molecule has 0 spiro atoms. The number of amides is 1. The maximum atomic E-state index is 14.7. The van der Waals surface area contributed by atoms with Crippen LogP contribution in [0.1, 0.15) is 63.7 Å². The normalized spacial score (nSPS) is 15.5. The monoisotopic (exact) mass is 654 g/mol. The fourth-order valence-electron chi connectivity index (χ4n) is 4.89. The number of nitrogens with zero attached hydrogens (tertiary/aromatic N) is 2. The van der Waals surface area contributed by atoms with Crippen LogP contribution in [0.15, 0.2) is 53.7 Å². The molecular formula is C34H39FN2O10. The summed E-state index contributed by atoms with van der Waals surface area (Å²) in [6.45, 7) is 6.82. The van der Waals surface area contributed by atoms with E-state index in [-0.39, 0.29) is 61.0 Å². The van der Waals surface area contributed by atoms with Crippen LogP contribution in [0.2, 0.25) is 0 Å². The summed E-state index contributed by atoms with van der Waals surface area (Å²) in [5.41, 5.74) is -0.609. The van der Waals surface area contributed by atoms with E-state index in [4.69, 9.17) is 14.2 Å². The number of piperidine rings is 1. The highest BCUT2D eigenvalue weighted by Crippen LogP contribution is 2.32. The SMILES string of the molecule is C=N/C=C\C(=O)OCC(C)(C)C(=O)C(=O)N1CCCC[C@H]1C(=O)O[C@H](CCc1ccc(O)c(O)c1)c1cc(F)cc(OCC(C)=O)c1. The Hall–Kier alpha value is -5.07. The third-order valence-electron chi connectivity index (χ3n) is 7.44. The number of rotatable bonds is 15. The molecule has 1 aliphatic rings. The molecule has 13 heteroatoms. The van der Waals surface area contributed by atoms with Gasteiger partial charge >= 0.3 is 11.9 Å². The maximum Gasteiger partial charge on any atom is 0.332 e. The summed E-state index contributed by atoms with van der Waals surface area (Å²) in [6, 6.07) is 6.78. The predicted molar refractivity (Wildman–Crippen MR) is 167 cm³/mol. The second-order valence-corrected chi connectivity index (χ2v) is 11.8. The van der Waals surface area contributed by atoms with Gasteiger partial charge in [0.15, 0.2) is 17.3 Å². The van der Waals surface area contributed by atoms with Crippen molar-refractivity contribution in [2.24, 2.45) is 10.4 Å². The summed E-state index contributed by atoms with van der Waals surface area (Å²) in [5, 5.41) is 19.6. The van der Waals surface area contributed by atoms with Crippen molar-refractivity contribution < 1.29 is 52.8 Å². The zero-order chi connectivity index (χ0) is 34.7. The summed E-state index contributed by atoms with van der Waals surface area (Å²) in [7, 11) is 0. The molecule has 47 heavy (non-hydrogen) atoms. The van der Waals surface area contributed by atoms with Crippen molar-refractivity contribution in [1.82, 2.24) is 4.90 Å². The number of aliphatic imine (C=N–C) groups is 1. The lowest BCUT2D eigenvalue weighted by Gasteiger charge is -2.36. The van der Waals surface area contributed by atoms with E-state index >= 15 is 0 Å². The van der Waals surface area contributed by atoms with Gasteiger partial charge in [0.25, 0.3) is 5.91 Å². The first-order valence-electron chi connectivity index (χ1n) is 15.0. The minimum atomic E-state index is -1.41. The Morgan fingerprint density at radius 2 is 1.85 bits per heavy atom. The molecule has 1 aliphatic heterocycles. The van der Waals surface area contributed by atoms with Crippen LogP contribution in [-0.4, -0.2) is 77.0 Å². The van der Waals surface area contributed by atoms with Gasteiger partial charge < -0.3 is 29.3 Å². The molecule has 0 aliphatic carbocycles. The number of Topliss-reactive ketones (excluding diaryl/α,β-unsaturated/α-hetero) is 2. The summed E-state index contributed by atoms with van der Waals surface area (Å²) in [4.78, 5) is 68.3. The van der Waals surface area contributed by atoms with Crippen LogP contribution in [-0.2, 0) is 39.9 Å². The van der Waals surface area contributed by atoms with Gasteiger partial charge in [-0.2, -0.15) is 0 Å². The average Bonchev–Trinajstić information content (AvgIpc) is 3.04. The van der Waals surface area contributed by atoms with Crippen molar-refractivity contribution in [2.75, 3.05) is 19.8 Å². The molecule has 2 N–H and O–H groups in total. The molecular weight excluding hydrogens is 615 g/mol. The van der Waals surface area contributed by atoms with Crippen molar-refractivity contribution in [3.8, 4) is 17.2 Å². The molecule has 0 unspecified atom stereocenters. The number of phenols is 2. The predicted octanol–water partition coefficient (Wildman–Crippen LogP) is 4.16.